The molecule has 5 heteroatoms. The lowest BCUT2D eigenvalue weighted by molar-refractivity contribution is 0.628. The van der Waals surface area contributed by atoms with Gasteiger partial charge in [-0.3, -0.25) is 14.4 Å². The van der Waals surface area contributed by atoms with Gasteiger partial charge in [0.05, 0.1) is 16.3 Å². The Bertz CT molecular complexity index is 1580. The topological polar surface area (TPSA) is 56.1 Å². The Morgan fingerprint density at radius 1 is 0.793 bits per heavy atom. The van der Waals surface area contributed by atoms with Crippen LogP contribution in [0.3, 0.4) is 0 Å². The summed E-state index contributed by atoms with van der Waals surface area (Å²) in [6.07, 6.45) is 0. The summed E-state index contributed by atoms with van der Waals surface area (Å²) in [5.74, 6) is -0.420. The van der Waals surface area contributed by atoms with Crippen LogP contribution in [0.25, 0.3) is 43.7 Å². The fourth-order valence-corrected chi connectivity index (χ4v) is 4.32. The number of rotatable bonds is 2. The normalized spacial score (nSPS) is 12.0. The van der Waals surface area contributed by atoms with Gasteiger partial charge in [0.1, 0.15) is 11.3 Å². The van der Waals surface area contributed by atoms with Crippen LogP contribution in [0.15, 0.2) is 69.0 Å². The third-order valence-electron chi connectivity index (χ3n) is 5.51. The fraction of sp³-hybridized carbons (Fsp3) is 0.125. The zero-order valence-electron chi connectivity index (χ0n) is 15.8. The quantitative estimate of drug-likeness (QED) is 0.455. The fourth-order valence-electron chi connectivity index (χ4n) is 4.32. The molecule has 0 aliphatic heterocycles. The number of hydrogen-bond acceptors (Lipinski definition) is 3. The average Bonchev–Trinajstić information content (AvgIpc) is 3.20. The molecule has 0 aliphatic rings. The van der Waals surface area contributed by atoms with Crippen molar-refractivity contribution in [2.45, 2.75) is 19.9 Å². The van der Waals surface area contributed by atoms with E-state index in [1.807, 2.05) is 26.0 Å². The highest BCUT2D eigenvalue weighted by molar-refractivity contribution is 6.21. The van der Waals surface area contributed by atoms with Crippen LogP contribution in [0.5, 0.6) is 0 Å². The van der Waals surface area contributed by atoms with E-state index in [1.165, 1.54) is 30.3 Å². The Morgan fingerprint density at radius 3 is 2.10 bits per heavy atom. The zero-order chi connectivity index (χ0) is 20.4. The third-order valence-corrected chi connectivity index (χ3v) is 5.51. The Kier molecular flexibility index (Phi) is 3.59. The van der Waals surface area contributed by atoms with Gasteiger partial charge < -0.3 is 4.57 Å². The third kappa shape index (κ3) is 2.27. The standard InChI is InChI=1S/C24H16FNO3/c1-12(2)26-21-15-5-3-4-6-16(15)23(28)20(21)19-18(27)11-17(24(29)22(19)26)13-7-9-14(25)10-8-13/h3-12H,1-2H3. The van der Waals surface area contributed by atoms with Crippen molar-refractivity contribution in [3.05, 3.63) is 91.1 Å². The minimum atomic E-state index is -0.420. The molecule has 29 heavy (non-hydrogen) atoms. The van der Waals surface area contributed by atoms with Crippen LogP contribution in [-0.2, 0) is 0 Å². The van der Waals surface area contributed by atoms with E-state index in [9.17, 15) is 18.8 Å². The summed E-state index contributed by atoms with van der Waals surface area (Å²) in [6, 6.07) is 13.8. The lowest BCUT2D eigenvalue weighted by Crippen LogP contribution is -2.17. The van der Waals surface area contributed by atoms with Gasteiger partial charge in [0, 0.05) is 22.4 Å². The van der Waals surface area contributed by atoms with E-state index in [2.05, 4.69) is 0 Å². The van der Waals surface area contributed by atoms with Crippen LogP contribution in [0.1, 0.15) is 19.9 Å². The van der Waals surface area contributed by atoms with Crippen LogP contribution in [0.2, 0.25) is 0 Å². The Labute approximate surface area is 164 Å². The summed E-state index contributed by atoms with van der Waals surface area (Å²) in [6.45, 7) is 3.83. The highest BCUT2D eigenvalue weighted by atomic mass is 19.1. The Morgan fingerprint density at radius 2 is 1.45 bits per heavy atom. The predicted octanol–water partition coefficient (Wildman–Crippen LogP) is 4.29. The van der Waals surface area contributed by atoms with Gasteiger partial charge in [-0.25, -0.2) is 4.39 Å². The molecule has 0 fully saturated rings. The smallest absolute Gasteiger partial charge is 0.210 e. The van der Waals surface area contributed by atoms with Crippen molar-refractivity contribution in [2.24, 2.45) is 0 Å². The summed E-state index contributed by atoms with van der Waals surface area (Å²) < 4.78 is 15.1. The van der Waals surface area contributed by atoms with Crippen LogP contribution >= 0.6 is 0 Å². The molecule has 1 heterocycles. The molecule has 0 bridgehead atoms. The van der Waals surface area contributed by atoms with E-state index >= 15 is 0 Å². The SMILES string of the molecule is CC(C)n1c2c(=O)c(-c3ccc(F)cc3)cc(=O)c2c2c(=O)c3ccccc3c21. The molecule has 0 amide bonds. The number of aromatic nitrogens is 1. The van der Waals surface area contributed by atoms with Crippen molar-refractivity contribution in [3.63, 3.8) is 0 Å². The van der Waals surface area contributed by atoms with E-state index in [1.54, 1.807) is 16.7 Å². The van der Waals surface area contributed by atoms with Gasteiger partial charge in [-0.05, 0) is 37.6 Å². The molecule has 1 aromatic heterocycles. The molecule has 0 atom stereocenters. The van der Waals surface area contributed by atoms with Gasteiger partial charge in [-0.2, -0.15) is 0 Å². The van der Waals surface area contributed by atoms with E-state index in [-0.39, 0.29) is 38.8 Å². The van der Waals surface area contributed by atoms with Gasteiger partial charge in [0.25, 0.3) is 0 Å². The molecule has 4 nitrogen and oxygen atoms in total. The van der Waals surface area contributed by atoms with Crippen molar-refractivity contribution in [2.75, 3.05) is 0 Å². The second-order valence-corrected chi connectivity index (χ2v) is 7.54. The molecule has 5 rings (SSSR count). The van der Waals surface area contributed by atoms with E-state index < -0.39 is 5.82 Å². The van der Waals surface area contributed by atoms with Crippen LogP contribution in [-0.4, -0.2) is 4.57 Å². The van der Waals surface area contributed by atoms with Gasteiger partial charge in [0.15, 0.2) is 10.9 Å². The van der Waals surface area contributed by atoms with Crippen molar-refractivity contribution >= 4 is 32.6 Å². The van der Waals surface area contributed by atoms with Gasteiger partial charge in [-0.15, -0.1) is 0 Å². The monoisotopic (exact) mass is 385 g/mol. The number of halogens is 1. The molecule has 142 valence electrons. The summed E-state index contributed by atoms with van der Waals surface area (Å²) >= 11 is 0. The van der Waals surface area contributed by atoms with Crippen molar-refractivity contribution in [1.29, 1.82) is 0 Å². The molecule has 0 saturated heterocycles. The first-order valence-electron chi connectivity index (χ1n) is 9.39. The minimum absolute atomic E-state index is 0.143. The minimum Gasteiger partial charge on any atom is -0.334 e. The molecule has 0 radical (unpaired) electrons. The van der Waals surface area contributed by atoms with Crippen LogP contribution < -0.4 is 16.3 Å². The van der Waals surface area contributed by atoms with Gasteiger partial charge in [0.2, 0.25) is 5.43 Å². The largest absolute Gasteiger partial charge is 0.334 e. The zero-order valence-corrected chi connectivity index (χ0v) is 15.8. The highest BCUT2D eigenvalue weighted by Crippen LogP contribution is 2.33. The first-order chi connectivity index (χ1) is 13.9. The van der Waals surface area contributed by atoms with Crippen LogP contribution in [0, 0.1) is 5.82 Å². The lowest BCUT2D eigenvalue weighted by Gasteiger charge is -2.12. The number of nitrogens with zero attached hydrogens (tertiary/aromatic N) is 1. The van der Waals surface area contributed by atoms with Crippen molar-refractivity contribution < 1.29 is 4.39 Å². The summed E-state index contributed by atoms with van der Waals surface area (Å²) in [4.78, 5) is 39.7. The number of hydrogen-bond donors (Lipinski definition) is 0. The molecular weight excluding hydrogens is 369 g/mol. The second-order valence-electron chi connectivity index (χ2n) is 7.54. The van der Waals surface area contributed by atoms with E-state index in [0.717, 1.165) is 5.39 Å². The highest BCUT2D eigenvalue weighted by Gasteiger charge is 2.25. The van der Waals surface area contributed by atoms with Gasteiger partial charge >= 0.3 is 0 Å². The van der Waals surface area contributed by atoms with Gasteiger partial charge in [-0.1, -0.05) is 36.4 Å². The predicted molar refractivity (Wildman–Crippen MR) is 114 cm³/mol. The van der Waals surface area contributed by atoms with E-state index in [0.29, 0.717) is 21.9 Å². The maximum Gasteiger partial charge on any atom is 0.210 e. The van der Waals surface area contributed by atoms with Crippen LogP contribution in [0.4, 0.5) is 4.39 Å². The maximum atomic E-state index is 13.5. The Balaban J connectivity index is 2.06. The Hall–Kier alpha value is -3.60. The summed E-state index contributed by atoms with van der Waals surface area (Å²) in [5.41, 5.74) is 0.599. The maximum absolute atomic E-state index is 13.5. The molecular formula is C24H16FNO3. The molecule has 0 spiro atoms. The molecule has 4 aromatic carbocycles. The van der Waals surface area contributed by atoms with Crippen molar-refractivity contribution in [1.82, 2.24) is 4.57 Å². The number of benzene rings is 3. The molecule has 5 aromatic rings. The second kappa shape index (κ2) is 5.95. The number of fused-ring (bicyclic) bond motifs is 5. The molecule has 0 saturated carbocycles. The summed E-state index contributed by atoms with van der Waals surface area (Å²) in [5, 5.41) is 1.76. The molecule has 0 N–H and O–H groups in total. The average molecular weight is 385 g/mol. The van der Waals surface area contributed by atoms with Crippen molar-refractivity contribution in [3.8, 4) is 11.1 Å². The molecule has 0 unspecified atom stereocenters. The summed E-state index contributed by atoms with van der Waals surface area (Å²) in [7, 11) is 0. The molecule has 0 aliphatic carbocycles. The lowest BCUT2D eigenvalue weighted by atomic mass is 10.0. The first kappa shape index (κ1) is 17.5. The van der Waals surface area contributed by atoms with E-state index in [4.69, 9.17) is 0 Å². The first-order valence-corrected chi connectivity index (χ1v) is 9.39.